The third kappa shape index (κ3) is 7.40. The Kier molecular flexibility index (Phi) is 9.42. The minimum absolute atomic E-state index is 0.0639. The minimum Gasteiger partial charge on any atom is -0.497 e. The van der Waals surface area contributed by atoms with Crippen LogP contribution in [0.1, 0.15) is 16.7 Å². The number of ether oxygens (including phenoxy) is 2. The van der Waals surface area contributed by atoms with Gasteiger partial charge in [-0.15, -0.1) is 0 Å². The van der Waals surface area contributed by atoms with Crippen molar-refractivity contribution >= 4 is 39.4 Å². The molecule has 0 aromatic heterocycles. The summed E-state index contributed by atoms with van der Waals surface area (Å²) in [6.07, 6.45) is 1.46. The molecular formula is C30H28ClN3O5S. The van der Waals surface area contributed by atoms with E-state index in [9.17, 15) is 13.2 Å². The van der Waals surface area contributed by atoms with Crippen molar-refractivity contribution in [3.8, 4) is 11.5 Å². The highest BCUT2D eigenvalue weighted by Crippen LogP contribution is 2.27. The Morgan fingerprint density at radius 2 is 1.68 bits per heavy atom. The molecule has 4 aromatic rings. The molecule has 40 heavy (non-hydrogen) atoms. The third-order valence-electron chi connectivity index (χ3n) is 5.87. The second-order valence-electron chi connectivity index (χ2n) is 8.77. The standard InChI is InChI=1S/C30H28ClN3O5S/c1-22-10-16-28(17-11-22)40(36,37)34(25-7-5-8-27(18-25)38-2)20-30(35)33-32-19-23-12-14-26(15-13-23)39-21-24-6-3-4-9-29(24)31/h3-19H,20-21H2,1-2H3,(H,33,35)/b32-19-. The van der Waals surface area contributed by atoms with Gasteiger partial charge in [0.2, 0.25) is 0 Å². The first-order valence-corrected chi connectivity index (χ1v) is 14.1. The fourth-order valence-electron chi connectivity index (χ4n) is 3.69. The van der Waals surface area contributed by atoms with Gasteiger partial charge in [0.25, 0.3) is 15.9 Å². The highest BCUT2D eigenvalue weighted by molar-refractivity contribution is 7.92. The van der Waals surface area contributed by atoms with Crippen LogP contribution >= 0.6 is 11.6 Å². The molecule has 4 aromatic carbocycles. The fraction of sp³-hybridized carbons (Fsp3) is 0.133. The van der Waals surface area contributed by atoms with Crippen LogP contribution in [0.15, 0.2) is 107 Å². The molecule has 0 saturated heterocycles. The number of carbonyl (C=O) groups is 1. The van der Waals surface area contributed by atoms with Gasteiger partial charge in [0.15, 0.2) is 0 Å². The Hall–Kier alpha value is -4.34. The van der Waals surface area contributed by atoms with E-state index in [1.54, 1.807) is 60.7 Å². The predicted octanol–water partition coefficient (Wildman–Crippen LogP) is 5.58. The Labute approximate surface area is 238 Å². The molecule has 8 nitrogen and oxygen atoms in total. The summed E-state index contributed by atoms with van der Waals surface area (Å²) in [4.78, 5) is 12.9. The maximum absolute atomic E-state index is 13.5. The highest BCUT2D eigenvalue weighted by atomic mass is 35.5. The lowest BCUT2D eigenvalue weighted by Gasteiger charge is -2.24. The second kappa shape index (κ2) is 13.1. The zero-order valence-corrected chi connectivity index (χ0v) is 23.5. The third-order valence-corrected chi connectivity index (χ3v) is 8.03. The van der Waals surface area contributed by atoms with Crippen LogP contribution in [-0.2, 0) is 21.4 Å². The first-order chi connectivity index (χ1) is 19.3. The van der Waals surface area contributed by atoms with Gasteiger partial charge in [0, 0.05) is 16.7 Å². The van der Waals surface area contributed by atoms with Crippen LogP contribution in [0.2, 0.25) is 5.02 Å². The van der Waals surface area contributed by atoms with Gasteiger partial charge in [-0.2, -0.15) is 5.10 Å². The van der Waals surface area contributed by atoms with E-state index in [1.165, 1.54) is 25.5 Å². The minimum atomic E-state index is -4.06. The highest BCUT2D eigenvalue weighted by Gasteiger charge is 2.27. The van der Waals surface area contributed by atoms with Crippen molar-refractivity contribution in [2.45, 2.75) is 18.4 Å². The number of aryl methyl sites for hydroxylation is 1. The topological polar surface area (TPSA) is 97.3 Å². The number of sulfonamides is 1. The number of carbonyl (C=O) groups excluding carboxylic acids is 1. The quantitative estimate of drug-likeness (QED) is 0.185. The molecule has 0 atom stereocenters. The van der Waals surface area contributed by atoms with Crippen LogP contribution in [-0.4, -0.2) is 34.2 Å². The summed E-state index contributed by atoms with van der Waals surface area (Å²) in [5.74, 6) is 0.491. The average Bonchev–Trinajstić information content (AvgIpc) is 2.96. The maximum Gasteiger partial charge on any atom is 0.264 e. The van der Waals surface area contributed by atoms with Gasteiger partial charge in [-0.3, -0.25) is 9.10 Å². The van der Waals surface area contributed by atoms with Crippen molar-refractivity contribution in [1.82, 2.24) is 5.43 Å². The SMILES string of the molecule is COc1cccc(N(CC(=O)N/N=C\c2ccc(OCc3ccccc3Cl)cc2)S(=O)(=O)c2ccc(C)cc2)c1. The van der Waals surface area contributed by atoms with Crippen molar-refractivity contribution in [2.24, 2.45) is 5.10 Å². The van der Waals surface area contributed by atoms with Crippen LogP contribution in [0.3, 0.4) is 0 Å². The van der Waals surface area contributed by atoms with Crippen molar-refractivity contribution in [1.29, 1.82) is 0 Å². The molecule has 0 aliphatic heterocycles. The Bertz CT molecular complexity index is 1590. The van der Waals surface area contributed by atoms with Crippen LogP contribution < -0.4 is 19.2 Å². The number of benzene rings is 4. The molecule has 1 amide bonds. The van der Waals surface area contributed by atoms with Gasteiger partial charge >= 0.3 is 0 Å². The van der Waals surface area contributed by atoms with E-state index in [4.69, 9.17) is 21.1 Å². The zero-order valence-electron chi connectivity index (χ0n) is 22.0. The van der Waals surface area contributed by atoms with E-state index in [0.717, 1.165) is 15.4 Å². The molecule has 0 spiro atoms. The molecule has 10 heteroatoms. The van der Waals surface area contributed by atoms with Crippen LogP contribution in [0.25, 0.3) is 0 Å². The number of methoxy groups -OCH3 is 1. The van der Waals surface area contributed by atoms with Crippen LogP contribution in [0, 0.1) is 6.92 Å². The van der Waals surface area contributed by atoms with Crippen molar-refractivity contribution < 1.29 is 22.7 Å². The molecular weight excluding hydrogens is 550 g/mol. The van der Waals surface area contributed by atoms with Crippen molar-refractivity contribution in [3.63, 3.8) is 0 Å². The number of nitrogens with zero attached hydrogens (tertiary/aromatic N) is 2. The maximum atomic E-state index is 13.5. The molecule has 0 aliphatic carbocycles. The van der Waals surface area contributed by atoms with Gasteiger partial charge in [-0.05, 0) is 67.1 Å². The summed E-state index contributed by atoms with van der Waals surface area (Å²) in [6.45, 7) is 1.71. The molecule has 0 fully saturated rings. The van der Waals surface area contributed by atoms with Crippen molar-refractivity contribution in [2.75, 3.05) is 18.0 Å². The summed E-state index contributed by atoms with van der Waals surface area (Å²) < 4.78 is 39.1. The summed E-state index contributed by atoms with van der Waals surface area (Å²) in [5, 5.41) is 4.63. The summed E-state index contributed by atoms with van der Waals surface area (Å²) >= 11 is 6.17. The smallest absolute Gasteiger partial charge is 0.264 e. The molecule has 206 valence electrons. The molecule has 0 heterocycles. The van der Waals surface area contributed by atoms with E-state index >= 15 is 0 Å². The van der Waals surface area contributed by atoms with E-state index < -0.39 is 22.5 Å². The number of halogens is 1. The van der Waals surface area contributed by atoms with Gasteiger partial charge in [0.05, 0.1) is 23.9 Å². The van der Waals surface area contributed by atoms with Crippen molar-refractivity contribution in [3.05, 3.63) is 119 Å². The molecule has 0 saturated carbocycles. The van der Waals surface area contributed by atoms with Gasteiger partial charge in [-0.25, -0.2) is 13.8 Å². The molecule has 1 N–H and O–H groups in total. The van der Waals surface area contributed by atoms with Gasteiger partial charge in [0.1, 0.15) is 24.7 Å². The molecule has 0 unspecified atom stereocenters. The lowest BCUT2D eigenvalue weighted by Crippen LogP contribution is -2.39. The van der Waals surface area contributed by atoms with E-state index in [2.05, 4.69) is 10.5 Å². The summed E-state index contributed by atoms with van der Waals surface area (Å²) in [6, 6.07) is 27.5. The van der Waals surface area contributed by atoms with Crippen LogP contribution in [0.4, 0.5) is 5.69 Å². The predicted molar refractivity (Wildman–Crippen MR) is 157 cm³/mol. The van der Waals surface area contributed by atoms with Crippen LogP contribution in [0.5, 0.6) is 11.5 Å². The fourth-order valence-corrected chi connectivity index (χ4v) is 5.29. The number of hydrazone groups is 1. The summed E-state index contributed by atoms with van der Waals surface area (Å²) in [5.41, 5.74) is 5.20. The largest absolute Gasteiger partial charge is 0.497 e. The van der Waals surface area contributed by atoms with Gasteiger partial charge in [-0.1, -0.05) is 53.6 Å². The number of amides is 1. The Balaban J connectivity index is 1.42. The first-order valence-electron chi connectivity index (χ1n) is 12.3. The molecule has 0 radical (unpaired) electrons. The Morgan fingerprint density at radius 1 is 0.950 bits per heavy atom. The Morgan fingerprint density at radius 3 is 2.38 bits per heavy atom. The normalized spacial score (nSPS) is 11.3. The lowest BCUT2D eigenvalue weighted by molar-refractivity contribution is -0.119. The molecule has 0 aliphatic rings. The number of hydrogen-bond acceptors (Lipinski definition) is 6. The first kappa shape index (κ1) is 28.7. The van der Waals surface area contributed by atoms with E-state index in [1.807, 2.05) is 31.2 Å². The monoisotopic (exact) mass is 577 g/mol. The number of anilines is 1. The number of nitrogens with one attached hydrogen (secondary N) is 1. The van der Waals surface area contributed by atoms with E-state index in [0.29, 0.717) is 28.7 Å². The zero-order chi connectivity index (χ0) is 28.5. The lowest BCUT2D eigenvalue weighted by atomic mass is 10.2. The average molecular weight is 578 g/mol. The molecule has 4 rings (SSSR count). The molecule has 0 bridgehead atoms. The number of rotatable bonds is 11. The van der Waals surface area contributed by atoms with E-state index in [-0.39, 0.29) is 10.6 Å². The van der Waals surface area contributed by atoms with Gasteiger partial charge < -0.3 is 9.47 Å². The second-order valence-corrected chi connectivity index (χ2v) is 11.0. The number of hydrogen-bond donors (Lipinski definition) is 1. The summed E-state index contributed by atoms with van der Waals surface area (Å²) in [7, 11) is -2.58.